The maximum atomic E-state index is 12.1. The van der Waals surface area contributed by atoms with Crippen molar-refractivity contribution in [2.75, 3.05) is 32.3 Å². The zero-order valence-corrected chi connectivity index (χ0v) is 14.3. The van der Waals surface area contributed by atoms with E-state index in [1.54, 1.807) is 12.1 Å². The van der Waals surface area contributed by atoms with Crippen molar-refractivity contribution in [1.82, 2.24) is 10.6 Å². The van der Waals surface area contributed by atoms with Gasteiger partial charge in [-0.3, -0.25) is 9.59 Å². The van der Waals surface area contributed by atoms with E-state index in [0.717, 1.165) is 0 Å². The van der Waals surface area contributed by atoms with Crippen LogP contribution in [0.15, 0.2) is 18.2 Å². The van der Waals surface area contributed by atoms with E-state index >= 15 is 0 Å². The normalized spacial score (nSPS) is 18.7. The van der Waals surface area contributed by atoms with Crippen LogP contribution in [0.3, 0.4) is 0 Å². The standard InChI is InChI=1S/C15H20N2O6S/c1-22-12-4-3-10(7-13(12)23-2)15(19)16-8-14(18)17-11-5-6-24(20,21)9-11/h3-4,7,11H,5-6,8-9H2,1-2H3,(H,16,19)(H,17,18). The van der Waals surface area contributed by atoms with Crippen LogP contribution in [0.5, 0.6) is 11.5 Å². The van der Waals surface area contributed by atoms with E-state index in [-0.39, 0.29) is 24.1 Å². The van der Waals surface area contributed by atoms with Crippen LogP contribution in [0.2, 0.25) is 0 Å². The van der Waals surface area contributed by atoms with Crippen molar-refractivity contribution >= 4 is 21.7 Å². The highest BCUT2D eigenvalue weighted by Crippen LogP contribution is 2.27. The van der Waals surface area contributed by atoms with Gasteiger partial charge in [0.1, 0.15) is 0 Å². The van der Waals surface area contributed by atoms with Gasteiger partial charge in [-0.1, -0.05) is 0 Å². The average Bonchev–Trinajstić information content (AvgIpc) is 2.90. The predicted molar refractivity (Wildman–Crippen MR) is 87.1 cm³/mol. The largest absolute Gasteiger partial charge is 0.493 e. The second-order valence-electron chi connectivity index (χ2n) is 5.42. The molecule has 0 spiro atoms. The molecule has 2 amide bonds. The second-order valence-corrected chi connectivity index (χ2v) is 7.65. The van der Waals surface area contributed by atoms with E-state index in [4.69, 9.17) is 9.47 Å². The Labute approximate surface area is 140 Å². The second kappa shape index (κ2) is 7.52. The maximum Gasteiger partial charge on any atom is 0.251 e. The maximum absolute atomic E-state index is 12.1. The quantitative estimate of drug-likeness (QED) is 0.726. The van der Waals surface area contributed by atoms with Crippen LogP contribution in [-0.2, 0) is 14.6 Å². The Morgan fingerprint density at radius 2 is 1.92 bits per heavy atom. The number of nitrogens with one attached hydrogen (secondary N) is 2. The molecule has 0 saturated carbocycles. The number of rotatable bonds is 6. The van der Waals surface area contributed by atoms with Gasteiger partial charge in [-0.2, -0.15) is 0 Å². The summed E-state index contributed by atoms with van der Waals surface area (Å²) in [6.45, 7) is -0.232. The third-order valence-corrected chi connectivity index (χ3v) is 5.42. The van der Waals surface area contributed by atoms with Crippen molar-refractivity contribution in [2.45, 2.75) is 12.5 Å². The molecular formula is C15H20N2O6S. The SMILES string of the molecule is COc1ccc(C(=O)NCC(=O)NC2CCS(=O)(=O)C2)cc1OC. The minimum absolute atomic E-state index is 0.0532. The molecule has 132 valence electrons. The number of carbonyl (C=O) groups excluding carboxylic acids is 2. The lowest BCUT2D eigenvalue weighted by molar-refractivity contribution is -0.120. The minimum Gasteiger partial charge on any atom is -0.493 e. The van der Waals surface area contributed by atoms with Crippen LogP contribution in [0.1, 0.15) is 16.8 Å². The van der Waals surface area contributed by atoms with Gasteiger partial charge in [0, 0.05) is 11.6 Å². The molecule has 0 bridgehead atoms. The van der Waals surface area contributed by atoms with Gasteiger partial charge < -0.3 is 20.1 Å². The highest BCUT2D eigenvalue weighted by molar-refractivity contribution is 7.91. The topological polar surface area (TPSA) is 111 Å². The van der Waals surface area contributed by atoms with Crippen molar-refractivity contribution in [2.24, 2.45) is 0 Å². The molecule has 1 fully saturated rings. The van der Waals surface area contributed by atoms with Crippen LogP contribution in [-0.4, -0.2) is 58.5 Å². The van der Waals surface area contributed by atoms with E-state index < -0.39 is 21.7 Å². The number of methoxy groups -OCH3 is 2. The van der Waals surface area contributed by atoms with E-state index in [0.29, 0.717) is 23.5 Å². The molecule has 1 unspecified atom stereocenters. The summed E-state index contributed by atoms with van der Waals surface area (Å²) in [6, 6.07) is 4.27. The van der Waals surface area contributed by atoms with Crippen LogP contribution in [0.4, 0.5) is 0 Å². The number of carbonyl (C=O) groups is 2. The molecule has 1 atom stereocenters. The fourth-order valence-electron chi connectivity index (χ4n) is 2.43. The van der Waals surface area contributed by atoms with Gasteiger partial charge in [0.15, 0.2) is 21.3 Å². The molecule has 1 aliphatic rings. The molecule has 24 heavy (non-hydrogen) atoms. The van der Waals surface area contributed by atoms with Gasteiger partial charge in [0.2, 0.25) is 5.91 Å². The first-order chi connectivity index (χ1) is 11.3. The van der Waals surface area contributed by atoms with E-state index in [9.17, 15) is 18.0 Å². The van der Waals surface area contributed by atoms with E-state index in [1.807, 2.05) is 0 Å². The van der Waals surface area contributed by atoms with Gasteiger partial charge in [-0.05, 0) is 24.6 Å². The molecule has 1 heterocycles. The lowest BCUT2D eigenvalue weighted by Crippen LogP contribution is -2.42. The summed E-state index contributed by atoms with van der Waals surface area (Å²) < 4.78 is 32.9. The molecule has 0 aliphatic carbocycles. The molecule has 1 aliphatic heterocycles. The zero-order chi connectivity index (χ0) is 17.7. The first-order valence-corrected chi connectivity index (χ1v) is 9.17. The van der Waals surface area contributed by atoms with Crippen molar-refractivity contribution in [3.63, 3.8) is 0 Å². The third-order valence-electron chi connectivity index (χ3n) is 3.65. The molecule has 2 rings (SSSR count). The summed E-state index contributed by atoms with van der Waals surface area (Å²) in [6.07, 6.45) is 0.400. The van der Waals surface area contributed by atoms with E-state index in [1.165, 1.54) is 20.3 Å². The molecule has 1 saturated heterocycles. The summed E-state index contributed by atoms with van der Waals surface area (Å²) in [5.74, 6) is 0.0641. The number of sulfone groups is 1. The average molecular weight is 356 g/mol. The molecule has 2 N–H and O–H groups in total. The predicted octanol–water partition coefficient (Wildman–Crippen LogP) is -0.263. The minimum atomic E-state index is -3.06. The zero-order valence-electron chi connectivity index (χ0n) is 13.5. The summed E-state index contributed by atoms with van der Waals surface area (Å²) in [5, 5.41) is 5.09. The molecule has 1 aromatic carbocycles. The summed E-state index contributed by atoms with van der Waals surface area (Å²) in [5.41, 5.74) is 0.323. The Morgan fingerprint density at radius 1 is 1.21 bits per heavy atom. The highest BCUT2D eigenvalue weighted by atomic mass is 32.2. The Kier molecular flexibility index (Phi) is 5.66. The fraction of sp³-hybridized carbons (Fsp3) is 0.467. The third kappa shape index (κ3) is 4.60. The molecular weight excluding hydrogens is 336 g/mol. The summed E-state index contributed by atoms with van der Waals surface area (Å²) in [7, 11) is -0.105. The summed E-state index contributed by atoms with van der Waals surface area (Å²) >= 11 is 0. The van der Waals surface area contributed by atoms with Crippen molar-refractivity contribution in [3.05, 3.63) is 23.8 Å². The van der Waals surface area contributed by atoms with Crippen molar-refractivity contribution < 1.29 is 27.5 Å². The Morgan fingerprint density at radius 3 is 2.50 bits per heavy atom. The van der Waals surface area contributed by atoms with Crippen LogP contribution in [0, 0.1) is 0 Å². The summed E-state index contributed by atoms with van der Waals surface area (Å²) in [4.78, 5) is 23.9. The Bertz CT molecular complexity index is 731. The lowest BCUT2D eigenvalue weighted by Gasteiger charge is -2.12. The number of hydrogen-bond acceptors (Lipinski definition) is 6. The number of ether oxygens (including phenoxy) is 2. The monoisotopic (exact) mass is 356 g/mol. The first kappa shape index (κ1) is 18.1. The Hall–Kier alpha value is -2.29. The lowest BCUT2D eigenvalue weighted by atomic mass is 10.2. The fourth-order valence-corrected chi connectivity index (χ4v) is 4.10. The molecule has 1 aromatic rings. The van der Waals surface area contributed by atoms with Crippen molar-refractivity contribution in [1.29, 1.82) is 0 Å². The highest BCUT2D eigenvalue weighted by Gasteiger charge is 2.28. The smallest absolute Gasteiger partial charge is 0.251 e. The van der Waals surface area contributed by atoms with Crippen LogP contribution in [0.25, 0.3) is 0 Å². The molecule has 0 aromatic heterocycles. The number of amides is 2. The number of hydrogen-bond donors (Lipinski definition) is 2. The van der Waals surface area contributed by atoms with Gasteiger partial charge in [0.05, 0.1) is 32.3 Å². The van der Waals surface area contributed by atoms with Crippen LogP contribution < -0.4 is 20.1 Å². The van der Waals surface area contributed by atoms with Gasteiger partial charge in [-0.25, -0.2) is 8.42 Å². The first-order valence-electron chi connectivity index (χ1n) is 7.34. The molecule has 8 nitrogen and oxygen atoms in total. The van der Waals surface area contributed by atoms with Crippen molar-refractivity contribution in [3.8, 4) is 11.5 Å². The number of benzene rings is 1. The Balaban J connectivity index is 1.87. The van der Waals surface area contributed by atoms with E-state index in [2.05, 4.69) is 10.6 Å². The molecule has 9 heteroatoms. The van der Waals surface area contributed by atoms with Crippen LogP contribution >= 0.6 is 0 Å². The van der Waals surface area contributed by atoms with Gasteiger partial charge in [-0.15, -0.1) is 0 Å². The molecule has 0 radical (unpaired) electrons. The van der Waals surface area contributed by atoms with Gasteiger partial charge >= 0.3 is 0 Å². The van der Waals surface area contributed by atoms with Gasteiger partial charge in [0.25, 0.3) is 5.91 Å².